The van der Waals surface area contributed by atoms with Crippen LogP contribution in [0.3, 0.4) is 0 Å². The van der Waals surface area contributed by atoms with Crippen LogP contribution >= 0.6 is 11.3 Å². The number of nitrogens with zero attached hydrogens (tertiary/aromatic N) is 2. The summed E-state index contributed by atoms with van der Waals surface area (Å²) < 4.78 is 6.16. The molecule has 0 spiro atoms. The molecule has 0 fully saturated rings. The number of carbonyl (C=O) groups excluding carboxylic acids is 1. The minimum atomic E-state index is -0.460. The number of fused-ring (bicyclic) bond motifs is 1. The van der Waals surface area contributed by atoms with Gasteiger partial charge in [-0.15, -0.1) is 0 Å². The van der Waals surface area contributed by atoms with Crippen molar-refractivity contribution in [1.82, 2.24) is 4.98 Å². The number of ether oxygens (including phenoxy) is 1. The van der Waals surface area contributed by atoms with Gasteiger partial charge in [0.2, 0.25) is 5.91 Å². The summed E-state index contributed by atoms with van der Waals surface area (Å²) in [7, 11) is 0. The smallest absolute Gasteiger partial charge is 0.270 e. The van der Waals surface area contributed by atoms with Gasteiger partial charge in [0, 0.05) is 18.2 Å². The molecule has 27 heavy (non-hydrogen) atoms. The molecule has 0 aliphatic carbocycles. The molecule has 0 unspecified atom stereocenters. The molecule has 1 heterocycles. The van der Waals surface area contributed by atoms with E-state index in [0.29, 0.717) is 22.0 Å². The van der Waals surface area contributed by atoms with Crippen molar-refractivity contribution in [3.63, 3.8) is 0 Å². The van der Waals surface area contributed by atoms with E-state index < -0.39 is 4.92 Å². The molecule has 0 bridgehead atoms. The third-order valence-electron chi connectivity index (χ3n) is 3.59. The molecule has 0 radical (unpaired) electrons. The first kappa shape index (κ1) is 18.5. The Morgan fingerprint density at radius 1 is 1.30 bits per heavy atom. The van der Waals surface area contributed by atoms with Crippen molar-refractivity contribution in [3.05, 3.63) is 64.2 Å². The lowest BCUT2D eigenvalue weighted by Gasteiger charge is -2.03. The fourth-order valence-corrected chi connectivity index (χ4v) is 3.20. The maximum atomic E-state index is 12.1. The van der Waals surface area contributed by atoms with Crippen LogP contribution in [0.25, 0.3) is 16.3 Å². The lowest BCUT2D eigenvalue weighted by molar-refractivity contribution is -0.384. The van der Waals surface area contributed by atoms with Crippen molar-refractivity contribution >= 4 is 44.4 Å². The molecular formula is C19H17N3O4S. The molecule has 3 rings (SSSR count). The number of amides is 1. The topological polar surface area (TPSA) is 94.4 Å². The second-order valence-electron chi connectivity index (χ2n) is 5.67. The van der Waals surface area contributed by atoms with Gasteiger partial charge in [0.25, 0.3) is 5.69 Å². The molecule has 8 heteroatoms. The molecule has 0 atom stereocenters. The predicted molar refractivity (Wildman–Crippen MR) is 106 cm³/mol. The molecule has 7 nitrogen and oxygen atoms in total. The number of rotatable bonds is 7. The number of thiazole rings is 1. The van der Waals surface area contributed by atoms with Gasteiger partial charge in [-0.1, -0.05) is 30.4 Å². The van der Waals surface area contributed by atoms with Crippen LogP contribution in [-0.2, 0) is 4.79 Å². The van der Waals surface area contributed by atoms with Crippen molar-refractivity contribution in [3.8, 4) is 5.75 Å². The first-order chi connectivity index (χ1) is 13.0. The van der Waals surface area contributed by atoms with Crippen molar-refractivity contribution in [1.29, 1.82) is 0 Å². The lowest BCUT2D eigenvalue weighted by Crippen LogP contribution is -2.07. The molecule has 0 aliphatic rings. The maximum Gasteiger partial charge on any atom is 0.270 e. The predicted octanol–water partition coefficient (Wildman–Crippen LogP) is 4.65. The van der Waals surface area contributed by atoms with Gasteiger partial charge >= 0.3 is 0 Å². The number of carbonyl (C=O) groups is 1. The molecule has 1 amide bonds. The van der Waals surface area contributed by atoms with E-state index in [0.717, 1.165) is 17.7 Å². The van der Waals surface area contributed by atoms with E-state index in [1.807, 2.05) is 31.2 Å². The molecule has 3 aromatic rings. The van der Waals surface area contributed by atoms with Crippen LogP contribution in [0.15, 0.2) is 48.5 Å². The molecule has 1 aromatic heterocycles. The van der Waals surface area contributed by atoms with Crippen LogP contribution < -0.4 is 10.1 Å². The highest BCUT2D eigenvalue weighted by molar-refractivity contribution is 7.22. The molecule has 1 N–H and O–H groups in total. The summed E-state index contributed by atoms with van der Waals surface area (Å²) in [6, 6.07) is 11.8. The van der Waals surface area contributed by atoms with Gasteiger partial charge in [0.1, 0.15) is 5.75 Å². The zero-order valence-electron chi connectivity index (χ0n) is 14.5. The summed E-state index contributed by atoms with van der Waals surface area (Å²) in [5.41, 5.74) is 1.47. The summed E-state index contributed by atoms with van der Waals surface area (Å²) in [6.07, 6.45) is 4.05. The SMILES string of the molecule is CCCOc1ccc(C=CC(=O)Nc2nc3ccc([N+](=O)[O-])cc3s2)cc1. The quantitative estimate of drug-likeness (QED) is 0.364. The number of non-ortho nitro benzene ring substituents is 1. The highest BCUT2D eigenvalue weighted by Gasteiger charge is 2.11. The summed E-state index contributed by atoms with van der Waals surface area (Å²) in [5, 5.41) is 13.9. The minimum Gasteiger partial charge on any atom is -0.494 e. The van der Waals surface area contributed by atoms with Crippen LogP contribution in [0.1, 0.15) is 18.9 Å². The van der Waals surface area contributed by atoms with Crippen molar-refractivity contribution in [2.45, 2.75) is 13.3 Å². The van der Waals surface area contributed by atoms with E-state index in [9.17, 15) is 14.9 Å². The lowest BCUT2D eigenvalue weighted by atomic mass is 10.2. The average Bonchev–Trinajstić information content (AvgIpc) is 3.06. The number of hydrogen-bond donors (Lipinski definition) is 1. The van der Waals surface area contributed by atoms with Gasteiger partial charge < -0.3 is 4.74 Å². The van der Waals surface area contributed by atoms with E-state index in [-0.39, 0.29) is 11.6 Å². The molecule has 0 saturated heterocycles. The van der Waals surface area contributed by atoms with Gasteiger partial charge in [0.15, 0.2) is 5.13 Å². The Labute approximate surface area is 159 Å². The number of aromatic nitrogens is 1. The Morgan fingerprint density at radius 3 is 2.78 bits per heavy atom. The first-order valence-electron chi connectivity index (χ1n) is 8.32. The molecule has 0 aliphatic heterocycles. The molecule has 0 saturated carbocycles. The highest BCUT2D eigenvalue weighted by Crippen LogP contribution is 2.29. The van der Waals surface area contributed by atoms with Gasteiger partial charge in [-0.3, -0.25) is 20.2 Å². The summed E-state index contributed by atoms with van der Waals surface area (Å²) >= 11 is 1.19. The van der Waals surface area contributed by atoms with Crippen molar-refractivity contribution in [2.75, 3.05) is 11.9 Å². The highest BCUT2D eigenvalue weighted by atomic mass is 32.1. The van der Waals surface area contributed by atoms with E-state index in [1.54, 1.807) is 12.1 Å². The van der Waals surface area contributed by atoms with Crippen LogP contribution in [-0.4, -0.2) is 22.4 Å². The van der Waals surface area contributed by atoms with Gasteiger partial charge in [-0.05, 0) is 36.3 Å². The summed E-state index contributed by atoms with van der Waals surface area (Å²) in [4.78, 5) is 26.7. The second-order valence-corrected chi connectivity index (χ2v) is 6.70. The largest absolute Gasteiger partial charge is 0.494 e. The number of nitro benzene ring substituents is 1. The number of nitro groups is 1. The normalized spacial score (nSPS) is 11.0. The summed E-state index contributed by atoms with van der Waals surface area (Å²) in [6.45, 7) is 2.71. The average molecular weight is 383 g/mol. The fraction of sp³-hybridized carbons (Fsp3) is 0.158. The Bertz CT molecular complexity index is 996. The van der Waals surface area contributed by atoms with E-state index >= 15 is 0 Å². The Hall–Kier alpha value is -3.26. The van der Waals surface area contributed by atoms with E-state index in [2.05, 4.69) is 10.3 Å². The molecule has 2 aromatic carbocycles. The van der Waals surface area contributed by atoms with Crippen LogP contribution in [0, 0.1) is 10.1 Å². The summed E-state index contributed by atoms with van der Waals surface area (Å²) in [5.74, 6) is 0.469. The Morgan fingerprint density at radius 2 is 2.07 bits per heavy atom. The molecule has 138 valence electrons. The first-order valence-corrected chi connectivity index (χ1v) is 9.13. The van der Waals surface area contributed by atoms with Gasteiger partial charge in [-0.2, -0.15) is 0 Å². The Kier molecular flexibility index (Phi) is 5.77. The van der Waals surface area contributed by atoms with Gasteiger partial charge in [0.05, 0.1) is 21.7 Å². The standard InChI is InChI=1S/C19H17N3O4S/c1-2-11-26-15-7-3-13(4-8-15)5-10-18(23)21-19-20-16-9-6-14(22(24)25)12-17(16)27-19/h3-10,12H,2,11H2,1H3,(H,20,21,23). The monoisotopic (exact) mass is 383 g/mol. The maximum absolute atomic E-state index is 12.1. The number of benzene rings is 2. The number of hydrogen-bond acceptors (Lipinski definition) is 6. The van der Waals surface area contributed by atoms with Gasteiger partial charge in [-0.25, -0.2) is 4.98 Å². The van der Waals surface area contributed by atoms with Crippen LogP contribution in [0.4, 0.5) is 10.8 Å². The van der Waals surface area contributed by atoms with Crippen LogP contribution in [0.2, 0.25) is 0 Å². The van der Waals surface area contributed by atoms with Crippen LogP contribution in [0.5, 0.6) is 5.75 Å². The fourth-order valence-electron chi connectivity index (χ4n) is 2.29. The number of anilines is 1. The third-order valence-corrected chi connectivity index (χ3v) is 4.53. The Balaban J connectivity index is 1.64. The number of nitrogens with one attached hydrogen (secondary N) is 1. The molecular weight excluding hydrogens is 366 g/mol. The minimum absolute atomic E-state index is 0.00437. The van der Waals surface area contributed by atoms with Crippen molar-refractivity contribution < 1.29 is 14.5 Å². The zero-order chi connectivity index (χ0) is 19.2. The van der Waals surface area contributed by atoms with Crippen molar-refractivity contribution in [2.24, 2.45) is 0 Å². The zero-order valence-corrected chi connectivity index (χ0v) is 15.4. The third kappa shape index (κ3) is 4.89. The second kappa shape index (κ2) is 8.41. The van der Waals surface area contributed by atoms with E-state index in [4.69, 9.17) is 4.74 Å². The van der Waals surface area contributed by atoms with E-state index in [1.165, 1.54) is 29.5 Å².